The predicted molar refractivity (Wildman–Crippen MR) is 117 cm³/mol. The van der Waals surface area contributed by atoms with Crippen molar-refractivity contribution < 1.29 is 24.0 Å². The summed E-state index contributed by atoms with van der Waals surface area (Å²) in [4.78, 5) is 38.6. The average Bonchev–Trinajstić information content (AvgIpc) is 2.73. The third kappa shape index (κ3) is 5.36. The molecule has 0 aromatic heterocycles. The fourth-order valence-corrected chi connectivity index (χ4v) is 3.36. The number of nitro groups is 1. The Labute approximate surface area is 189 Å². The number of amides is 2. The molecule has 0 saturated carbocycles. The van der Waals surface area contributed by atoms with Gasteiger partial charge in [0.15, 0.2) is 0 Å². The van der Waals surface area contributed by atoms with Gasteiger partial charge in [-0.2, -0.15) is 0 Å². The Kier molecular flexibility index (Phi) is 6.99. The van der Waals surface area contributed by atoms with Crippen molar-refractivity contribution in [1.29, 1.82) is 0 Å². The number of halogens is 1. The van der Waals surface area contributed by atoms with Crippen molar-refractivity contribution in [2.45, 2.75) is 32.9 Å². The van der Waals surface area contributed by atoms with Crippen molar-refractivity contribution in [3.63, 3.8) is 0 Å². The molecule has 0 aliphatic carbocycles. The Balaban J connectivity index is 1.91. The third-order valence-corrected chi connectivity index (χ3v) is 4.92. The first-order chi connectivity index (χ1) is 15.2. The van der Waals surface area contributed by atoms with Crippen LogP contribution in [0.1, 0.15) is 32.4 Å². The summed E-state index contributed by atoms with van der Waals surface area (Å²) >= 11 is 6.14. The smallest absolute Gasteiger partial charge is 0.417 e. The van der Waals surface area contributed by atoms with E-state index in [-0.39, 0.29) is 24.2 Å². The summed E-state index contributed by atoms with van der Waals surface area (Å²) < 4.78 is 10.7. The summed E-state index contributed by atoms with van der Waals surface area (Å²) in [6.45, 7) is 5.10. The van der Waals surface area contributed by atoms with Crippen molar-refractivity contribution in [3.05, 3.63) is 81.0 Å². The number of benzene rings is 2. The topological polar surface area (TPSA) is 102 Å². The summed E-state index contributed by atoms with van der Waals surface area (Å²) in [7, 11) is 0. The molecule has 32 heavy (non-hydrogen) atoms. The molecule has 0 spiro atoms. The van der Waals surface area contributed by atoms with Gasteiger partial charge in [0.1, 0.15) is 12.4 Å². The summed E-state index contributed by atoms with van der Waals surface area (Å²) in [5.74, 6) is 0.132. The van der Waals surface area contributed by atoms with E-state index in [0.717, 1.165) is 5.56 Å². The van der Waals surface area contributed by atoms with Crippen LogP contribution in [0.15, 0.2) is 60.3 Å². The quantitative estimate of drug-likeness (QED) is 0.441. The van der Waals surface area contributed by atoms with Crippen molar-refractivity contribution in [2.24, 2.45) is 0 Å². The van der Waals surface area contributed by atoms with Crippen LogP contribution in [0.25, 0.3) is 0 Å². The first-order valence-corrected chi connectivity index (χ1v) is 10.2. The Hall–Kier alpha value is -3.59. The van der Waals surface area contributed by atoms with E-state index in [9.17, 15) is 19.7 Å². The molecule has 1 atom stereocenters. The molecular weight excluding hydrogens is 438 g/mol. The van der Waals surface area contributed by atoms with Crippen LogP contribution in [0.5, 0.6) is 5.75 Å². The number of allylic oxidation sites excluding steroid dienone is 1. The first kappa shape index (κ1) is 23.1. The van der Waals surface area contributed by atoms with E-state index in [1.165, 1.54) is 34.1 Å². The predicted octanol–water partition coefficient (Wildman–Crippen LogP) is 5.51. The Bertz CT molecular complexity index is 1050. The Morgan fingerprint density at radius 2 is 1.84 bits per heavy atom. The van der Waals surface area contributed by atoms with Gasteiger partial charge in [0.25, 0.3) is 5.69 Å². The molecular formula is C22H22ClN3O6. The number of nitro benzene ring substituents is 1. The van der Waals surface area contributed by atoms with Crippen LogP contribution in [0, 0.1) is 10.1 Å². The molecule has 0 saturated heterocycles. The fraction of sp³-hybridized carbons (Fsp3) is 0.273. The lowest BCUT2D eigenvalue weighted by atomic mass is 10.0. The minimum Gasteiger partial charge on any atom is -0.446 e. The van der Waals surface area contributed by atoms with Gasteiger partial charge in [0.2, 0.25) is 0 Å². The highest BCUT2D eigenvalue weighted by Crippen LogP contribution is 2.32. The van der Waals surface area contributed by atoms with E-state index in [1.807, 2.05) is 6.07 Å². The summed E-state index contributed by atoms with van der Waals surface area (Å²) in [6, 6.07) is 11.6. The molecule has 2 aromatic rings. The Morgan fingerprint density at radius 3 is 2.44 bits per heavy atom. The molecule has 2 aromatic carbocycles. The summed E-state index contributed by atoms with van der Waals surface area (Å²) in [5.41, 5.74) is 1.22. The van der Waals surface area contributed by atoms with Gasteiger partial charge in [-0.25, -0.2) is 9.59 Å². The van der Waals surface area contributed by atoms with Gasteiger partial charge in [-0.1, -0.05) is 23.7 Å². The van der Waals surface area contributed by atoms with Gasteiger partial charge in [0.05, 0.1) is 17.1 Å². The van der Waals surface area contributed by atoms with Crippen LogP contribution in [-0.4, -0.2) is 39.7 Å². The lowest BCUT2D eigenvalue weighted by Gasteiger charge is -2.39. The second kappa shape index (κ2) is 9.69. The maximum Gasteiger partial charge on any atom is 0.417 e. The third-order valence-electron chi connectivity index (χ3n) is 4.69. The molecule has 0 bridgehead atoms. The molecule has 10 heteroatoms. The maximum absolute atomic E-state index is 13.1. The normalized spacial score (nSPS) is 15.9. The SMILES string of the molecule is CC1=CC(c2cccc(Cl)c2)N(C(=O)Oc2ccc([N+](=O)[O-])cc2)CN1C(=O)OC(C)C. The monoisotopic (exact) mass is 459 g/mol. The largest absolute Gasteiger partial charge is 0.446 e. The molecule has 1 aliphatic rings. The number of hydrogen-bond acceptors (Lipinski definition) is 6. The van der Waals surface area contributed by atoms with Gasteiger partial charge in [-0.3, -0.25) is 19.9 Å². The van der Waals surface area contributed by atoms with Crippen LogP contribution < -0.4 is 4.74 Å². The van der Waals surface area contributed by atoms with E-state index in [4.69, 9.17) is 21.1 Å². The number of non-ortho nitro benzene ring substituents is 1. The van der Waals surface area contributed by atoms with Crippen molar-refractivity contribution >= 4 is 29.5 Å². The lowest BCUT2D eigenvalue weighted by molar-refractivity contribution is -0.384. The van der Waals surface area contributed by atoms with Crippen molar-refractivity contribution in [2.75, 3.05) is 6.67 Å². The molecule has 0 N–H and O–H groups in total. The van der Waals surface area contributed by atoms with Gasteiger partial charge >= 0.3 is 12.2 Å². The highest BCUT2D eigenvalue weighted by Gasteiger charge is 2.35. The zero-order valence-corrected chi connectivity index (χ0v) is 18.5. The lowest BCUT2D eigenvalue weighted by Crippen LogP contribution is -2.49. The maximum atomic E-state index is 13.1. The minimum atomic E-state index is -0.741. The van der Waals surface area contributed by atoms with E-state index < -0.39 is 23.2 Å². The van der Waals surface area contributed by atoms with Gasteiger partial charge in [-0.15, -0.1) is 0 Å². The number of carbonyl (C=O) groups excluding carboxylic acids is 2. The molecule has 9 nitrogen and oxygen atoms in total. The van der Waals surface area contributed by atoms with E-state index in [2.05, 4.69) is 0 Å². The molecule has 168 valence electrons. The molecule has 1 unspecified atom stereocenters. The molecule has 2 amide bonds. The van der Waals surface area contributed by atoms with Crippen LogP contribution in [0.3, 0.4) is 0 Å². The molecule has 1 heterocycles. The van der Waals surface area contributed by atoms with Gasteiger partial charge < -0.3 is 9.47 Å². The van der Waals surface area contributed by atoms with Gasteiger partial charge in [-0.05, 0) is 56.7 Å². The number of nitrogens with zero attached hydrogens (tertiary/aromatic N) is 3. The first-order valence-electron chi connectivity index (χ1n) is 9.80. The second-order valence-electron chi connectivity index (χ2n) is 7.40. The van der Waals surface area contributed by atoms with Crippen LogP contribution >= 0.6 is 11.6 Å². The van der Waals surface area contributed by atoms with E-state index in [1.54, 1.807) is 45.0 Å². The zero-order valence-electron chi connectivity index (χ0n) is 17.7. The molecule has 0 radical (unpaired) electrons. The van der Waals surface area contributed by atoms with Crippen molar-refractivity contribution in [1.82, 2.24) is 9.80 Å². The fourth-order valence-electron chi connectivity index (χ4n) is 3.16. The minimum absolute atomic E-state index is 0.114. The molecule has 3 rings (SSSR count). The highest BCUT2D eigenvalue weighted by molar-refractivity contribution is 6.30. The molecule has 1 aliphatic heterocycles. The standard InChI is InChI=1S/C22H22ClN3O6/c1-14(2)31-21(27)24-13-25(20(11-15(24)3)16-5-4-6-17(23)12-16)22(28)32-19-9-7-18(8-10-19)26(29)30/h4-12,14,20H,13H2,1-3H3. The van der Waals surface area contributed by atoms with E-state index in [0.29, 0.717) is 10.7 Å². The zero-order chi connectivity index (χ0) is 23.4. The average molecular weight is 460 g/mol. The van der Waals surface area contributed by atoms with Crippen molar-refractivity contribution in [3.8, 4) is 5.75 Å². The Morgan fingerprint density at radius 1 is 1.16 bits per heavy atom. The van der Waals surface area contributed by atoms with Crippen LogP contribution in [0.4, 0.5) is 15.3 Å². The molecule has 0 fully saturated rings. The second-order valence-corrected chi connectivity index (χ2v) is 7.84. The number of carbonyl (C=O) groups is 2. The highest BCUT2D eigenvalue weighted by atomic mass is 35.5. The number of hydrogen-bond donors (Lipinski definition) is 0. The summed E-state index contributed by atoms with van der Waals surface area (Å²) in [5, 5.41) is 11.3. The van der Waals surface area contributed by atoms with Crippen LogP contribution in [-0.2, 0) is 4.74 Å². The van der Waals surface area contributed by atoms with E-state index >= 15 is 0 Å². The van der Waals surface area contributed by atoms with Gasteiger partial charge in [0, 0.05) is 22.9 Å². The number of rotatable bonds is 4. The van der Waals surface area contributed by atoms with Crippen LogP contribution in [0.2, 0.25) is 5.02 Å². The summed E-state index contributed by atoms with van der Waals surface area (Å²) in [6.07, 6.45) is 0.0798. The number of ether oxygens (including phenoxy) is 2.